The van der Waals surface area contributed by atoms with Gasteiger partial charge in [0.05, 0.1) is 18.3 Å². The van der Waals surface area contributed by atoms with Crippen molar-refractivity contribution in [1.29, 1.82) is 0 Å². The molecule has 0 spiro atoms. The third kappa shape index (κ3) is 4.22. The van der Waals surface area contributed by atoms with Crippen molar-refractivity contribution in [3.63, 3.8) is 0 Å². The number of carbonyl (C=O) groups excluding carboxylic acids is 1. The van der Waals surface area contributed by atoms with Crippen molar-refractivity contribution in [3.8, 4) is 5.75 Å². The normalized spacial score (nSPS) is 37.1. The number of rotatable bonds is 6. The average molecular weight is 469 g/mol. The van der Waals surface area contributed by atoms with E-state index >= 15 is 0 Å². The molecule has 5 nitrogen and oxygen atoms in total. The van der Waals surface area contributed by atoms with Gasteiger partial charge in [-0.05, 0) is 66.9 Å². The molecule has 34 heavy (non-hydrogen) atoms. The topological polar surface area (TPSA) is 76.0 Å². The molecule has 2 saturated carbocycles. The van der Waals surface area contributed by atoms with E-state index in [1.54, 1.807) is 0 Å². The van der Waals surface area contributed by atoms with Crippen LogP contribution in [0.5, 0.6) is 5.75 Å². The Morgan fingerprint density at radius 2 is 2.00 bits per heavy atom. The Hall–Kier alpha value is -2.11. The zero-order chi connectivity index (χ0) is 24.7. The van der Waals surface area contributed by atoms with Gasteiger partial charge in [-0.25, -0.2) is 4.79 Å². The second-order valence-electron chi connectivity index (χ2n) is 11.3. The van der Waals surface area contributed by atoms with Gasteiger partial charge in [0.1, 0.15) is 12.4 Å². The first-order valence-electron chi connectivity index (χ1n) is 12.7. The van der Waals surface area contributed by atoms with E-state index in [0.29, 0.717) is 24.3 Å². The lowest BCUT2D eigenvalue weighted by atomic mass is 9.46. The number of aliphatic hydroxyl groups excluding tert-OH is 2. The number of aliphatic hydroxyl groups is 2. The summed E-state index contributed by atoms with van der Waals surface area (Å²) in [5, 5.41) is 21.0. The lowest BCUT2D eigenvalue weighted by Crippen LogP contribution is -2.57. The Balaban J connectivity index is 1.58. The molecule has 2 N–H and O–H groups in total. The first-order valence-corrected chi connectivity index (χ1v) is 12.7. The average Bonchev–Trinajstić information content (AvgIpc) is 3.15. The van der Waals surface area contributed by atoms with E-state index in [0.717, 1.165) is 30.6 Å². The van der Waals surface area contributed by atoms with Crippen molar-refractivity contribution in [2.45, 2.75) is 77.9 Å². The minimum Gasteiger partial charge on any atom is -0.482 e. The molecule has 186 valence electrons. The third-order valence-corrected chi connectivity index (χ3v) is 9.03. The molecule has 0 amide bonds. The molecule has 3 fully saturated rings. The summed E-state index contributed by atoms with van der Waals surface area (Å²) in [6, 6.07) is 7.96. The largest absolute Gasteiger partial charge is 0.482 e. The number of para-hydroxylation sites is 1. The number of hydrogen-bond donors (Lipinski definition) is 2. The van der Waals surface area contributed by atoms with E-state index in [2.05, 4.69) is 33.4 Å². The fourth-order valence-corrected chi connectivity index (χ4v) is 6.87. The second-order valence-corrected chi connectivity index (χ2v) is 11.3. The Morgan fingerprint density at radius 1 is 1.26 bits per heavy atom. The van der Waals surface area contributed by atoms with E-state index in [9.17, 15) is 15.0 Å². The number of fused-ring (bicyclic) bond motifs is 1. The smallest absolute Gasteiger partial charge is 0.337 e. The Kier molecular flexibility index (Phi) is 6.99. The summed E-state index contributed by atoms with van der Waals surface area (Å²) in [7, 11) is 0. The highest BCUT2D eigenvalue weighted by Crippen LogP contribution is 2.61. The predicted molar refractivity (Wildman–Crippen MR) is 133 cm³/mol. The Labute approximate surface area is 203 Å². The minimum atomic E-state index is -0.516. The summed E-state index contributed by atoms with van der Waals surface area (Å²) in [6.45, 7) is 13.2. The summed E-state index contributed by atoms with van der Waals surface area (Å²) in [5.41, 5.74) is 2.28. The van der Waals surface area contributed by atoms with Gasteiger partial charge < -0.3 is 19.7 Å². The maximum Gasteiger partial charge on any atom is 0.337 e. The van der Waals surface area contributed by atoms with Crippen molar-refractivity contribution in [1.82, 2.24) is 0 Å². The van der Waals surface area contributed by atoms with Crippen molar-refractivity contribution < 1.29 is 24.5 Å². The van der Waals surface area contributed by atoms with E-state index in [-0.39, 0.29) is 36.4 Å². The maximum atomic E-state index is 12.6. The molecular weight excluding hydrogens is 428 g/mol. The van der Waals surface area contributed by atoms with E-state index < -0.39 is 17.6 Å². The summed E-state index contributed by atoms with van der Waals surface area (Å²) >= 11 is 0. The number of hydrogen-bond acceptors (Lipinski definition) is 5. The highest BCUT2D eigenvalue weighted by Gasteiger charge is 2.57. The lowest BCUT2D eigenvalue weighted by molar-refractivity contribution is -0.151. The summed E-state index contributed by atoms with van der Waals surface area (Å²) < 4.78 is 11.7. The highest BCUT2D eigenvalue weighted by molar-refractivity contribution is 5.91. The molecule has 1 aromatic rings. The van der Waals surface area contributed by atoms with Gasteiger partial charge in [0.15, 0.2) is 6.10 Å². The van der Waals surface area contributed by atoms with Crippen LogP contribution in [0.4, 0.5) is 0 Å². The number of carbonyl (C=O) groups is 1. The van der Waals surface area contributed by atoms with Crippen LogP contribution in [-0.2, 0) is 9.53 Å². The van der Waals surface area contributed by atoms with Gasteiger partial charge >= 0.3 is 5.97 Å². The molecule has 1 heterocycles. The maximum absolute atomic E-state index is 12.6. The van der Waals surface area contributed by atoms with Crippen LogP contribution in [0.25, 0.3) is 0 Å². The summed E-state index contributed by atoms with van der Waals surface area (Å²) in [6.07, 6.45) is 5.12. The van der Waals surface area contributed by atoms with Gasteiger partial charge in [-0.2, -0.15) is 0 Å². The molecule has 6 atom stereocenters. The number of allylic oxidation sites excluding steroid dienone is 2. The second kappa shape index (κ2) is 9.50. The Bertz CT molecular complexity index is 965. The zero-order valence-electron chi connectivity index (χ0n) is 21.0. The van der Waals surface area contributed by atoms with Crippen LogP contribution in [0.2, 0.25) is 0 Å². The zero-order valence-corrected chi connectivity index (χ0v) is 21.0. The molecule has 4 rings (SSSR count). The molecular formula is C29H40O5. The molecule has 3 aliphatic rings. The molecule has 1 aromatic carbocycles. The molecule has 2 unspecified atom stereocenters. The molecule has 0 radical (unpaired) electrons. The summed E-state index contributed by atoms with van der Waals surface area (Å²) in [5.74, 6) is 1.17. The first kappa shape index (κ1) is 25.0. The van der Waals surface area contributed by atoms with Crippen LogP contribution < -0.4 is 4.74 Å². The van der Waals surface area contributed by atoms with Crippen molar-refractivity contribution in [2.24, 2.45) is 22.7 Å². The fraction of sp³-hybridized carbons (Fsp3) is 0.621. The van der Waals surface area contributed by atoms with Gasteiger partial charge in [-0.3, -0.25) is 0 Å². The van der Waals surface area contributed by atoms with E-state index in [1.165, 1.54) is 5.57 Å². The van der Waals surface area contributed by atoms with Gasteiger partial charge in [-0.1, -0.05) is 64.1 Å². The molecule has 5 heteroatoms. The van der Waals surface area contributed by atoms with E-state index in [1.807, 2.05) is 31.2 Å². The summed E-state index contributed by atoms with van der Waals surface area (Å²) in [4.78, 5) is 12.6. The lowest BCUT2D eigenvalue weighted by Gasteiger charge is -2.59. The Morgan fingerprint density at radius 3 is 2.71 bits per heavy atom. The van der Waals surface area contributed by atoms with Crippen molar-refractivity contribution in [2.75, 3.05) is 13.2 Å². The predicted octanol–water partition coefficient (Wildman–Crippen LogP) is 5.17. The quantitative estimate of drug-likeness (QED) is 0.342. The van der Waals surface area contributed by atoms with Gasteiger partial charge in [-0.15, -0.1) is 0 Å². The van der Waals surface area contributed by atoms with E-state index in [4.69, 9.17) is 9.47 Å². The standard InChI is InChI=1S/C29H40O5/c1-18(2)20-8-6-7-9-23(20)34-24-16-33-27(32)21(24)11-12-22-19(3)10-13-25-28(22,4)15-14-26(31)29(25,5)17-30/h6-9,11,18,22,24-26,30-31H,3,10,12-17H2,1-2,4-5H3/b21-11+/t22?,24-,25+,26?,28+,29+/m1/s1. The van der Waals surface area contributed by atoms with Crippen LogP contribution >= 0.6 is 0 Å². The van der Waals surface area contributed by atoms with Crippen LogP contribution in [-0.4, -0.2) is 41.6 Å². The highest BCUT2D eigenvalue weighted by atomic mass is 16.6. The first-order chi connectivity index (χ1) is 16.1. The molecule has 0 bridgehead atoms. The SMILES string of the molecule is C=C1CC[C@H]2[C@@](C)(CCC(O)[C@@]2(C)CO)C1C/C=C1/C(=O)OC[C@H]1Oc1ccccc1C(C)C. The number of benzene rings is 1. The number of ether oxygens (including phenoxy) is 2. The molecule has 2 aliphatic carbocycles. The van der Waals surface area contributed by atoms with Crippen LogP contribution in [0.3, 0.4) is 0 Å². The van der Waals surface area contributed by atoms with Gasteiger partial charge in [0, 0.05) is 5.41 Å². The van der Waals surface area contributed by atoms with Crippen molar-refractivity contribution in [3.05, 3.63) is 53.6 Å². The van der Waals surface area contributed by atoms with Gasteiger partial charge in [0.25, 0.3) is 0 Å². The number of cyclic esters (lactones) is 1. The molecule has 1 aliphatic heterocycles. The van der Waals surface area contributed by atoms with Crippen molar-refractivity contribution >= 4 is 5.97 Å². The minimum absolute atomic E-state index is 0.0216. The van der Waals surface area contributed by atoms with Gasteiger partial charge in [0.2, 0.25) is 0 Å². The molecule has 1 saturated heterocycles. The van der Waals surface area contributed by atoms with Crippen LogP contribution in [0.1, 0.15) is 71.3 Å². The third-order valence-electron chi connectivity index (χ3n) is 9.03. The van der Waals surface area contributed by atoms with Crippen LogP contribution in [0, 0.1) is 22.7 Å². The monoisotopic (exact) mass is 468 g/mol. The molecule has 0 aromatic heterocycles. The van der Waals surface area contributed by atoms with Crippen LogP contribution in [0.15, 0.2) is 48.1 Å². The number of esters is 1. The fourth-order valence-electron chi connectivity index (χ4n) is 6.87.